The lowest BCUT2D eigenvalue weighted by atomic mass is 9.98. The van der Waals surface area contributed by atoms with Gasteiger partial charge in [-0.1, -0.05) is 12.1 Å². The Morgan fingerprint density at radius 2 is 1.96 bits per heavy atom. The lowest BCUT2D eigenvalue weighted by Gasteiger charge is -2.44. The Morgan fingerprint density at radius 3 is 2.59 bits per heavy atom. The third kappa shape index (κ3) is 3.73. The van der Waals surface area contributed by atoms with Crippen molar-refractivity contribution in [2.45, 2.75) is 50.4 Å². The molecule has 2 aliphatic heterocycles. The fourth-order valence-electron chi connectivity index (χ4n) is 4.61. The van der Waals surface area contributed by atoms with E-state index >= 15 is 0 Å². The number of nitrogens with zero attached hydrogens (tertiary/aromatic N) is 2. The first-order valence-corrected chi connectivity index (χ1v) is 10.4. The minimum atomic E-state index is -0.335. The van der Waals surface area contributed by atoms with Crippen molar-refractivity contribution in [3.63, 3.8) is 0 Å². The topological polar surface area (TPSA) is 29.5 Å². The summed E-state index contributed by atoms with van der Waals surface area (Å²) >= 11 is 1.49. The lowest BCUT2D eigenvalue weighted by molar-refractivity contribution is -0.931. The van der Waals surface area contributed by atoms with Crippen molar-refractivity contribution in [3.05, 3.63) is 53.2 Å². The van der Waals surface area contributed by atoms with E-state index in [1.165, 1.54) is 36.3 Å². The van der Waals surface area contributed by atoms with Gasteiger partial charge in [0.1, 0.15) is 16.9 Å². The van der Waals surface area contributed by atoms with E-state index < -0.39 is 0 Å². The highest BCUT2D eigenvalue weighted by molar-refractivity contribution is 7.14. The van der Waals surface area contributed by atoms with Crippen molar-refractivity contribution in [3.8, 4) is 0 Å². The Hall–Kier alpha value is -1.92. The number of anilines is 1. The lowest BCUT2D eigenvalue weighted by Crippen LogP contribution is -2.56. The van der Waals surface area contributed by atoms with Crippen molar-refractivity contribution in [1.29, 1.82) is 0 Å². The number of ether oxygens (including phenoxy) is 1. The normalized spacial score (nSPS) is 26.0. The average Bonchev–Trinajstić information content (AvgIpc) is 3.16. The molecule has 0 radical (unpaired) electrons. The molecule has 0 saturated carbocycles. The van der Waals surface area contributed by atoms with Crippen molar-refractivity contribution >= 4 is 22.4 Å². The summed E-state index contributed by atoms with van der Waals surface area (Å²) in [4.78, 5) is 14.6. The van der Waals surface area contributed by atoms with Gasteiger partial charge in [-0.3, -0.25) is 4.90 Å². The van der Waals surface area contributed by atoms with Crippen LogP contribution in [0.25, 0.3) is 0 Å². The van der Waals surface area contributed by atoms with Gasteiger partial charge in [-0.05, 0) is 35.2 Å². The zero-order valence-corrected chi connectivity index (χ0v) is 16.6. The fraction of sp³-hybridized carbons (Fsp3) is 0.476. The van der Waals surface area contributed by atoms with Crippen LogP contribution in [0, 0.1) is 5.82 Å². The molecule has 1 aromatic carbocycles. The van der Waals surface area contributed by atoms with Gasteiger partial charge in [-0.2, -0.15) is 0 Å². The van der Waals surface area contributed by atoms with Crippen LogP contribution < -0.4 is 4.90 Å². The van der Waals surface area contributed by atoms with Crippen LogP contribution in [0.1, 0.15) is 31.2 Å². The van der Waals surface area contributed by atoms with E-state index in [0.717, 1.165) is 27.9 Å². The molecular weight excluding hydrogens is 363 g/mol. The Morgan fingerprint density at radius 1 is 1.22 bits per heavy atom. The van der Waals surface area contributed by atoms with Crippen LogP contribution in [0.4, 0.5) is 14.2 Å². The number of quaternary nitrogens is 1. The predicted molar refractivity (Wildman–Crippen MR) is 105 cm³/mol. The third-order valence-electron chi connectivity index (χ3n) is 6.28. The van der Waals surface area contributed by atoms with E-state index in [9.17, 15) is 9.18 Å². The van der Waals surface area contributed by atoms with Crippen LogP contribution in [-0.4, -0.2) is 42.9 Å². The monoisotopic (exact) mass is 389 g/mol. The number of hydrogen-bond donors (Lipinski definition) is 0. The molecule has 4 rings (SSSR count). The molecule has 1 unspecified atom stereocenters. The molecule has 144 valence electrons. The van der Waals surface area contributed by atoms with Crippen molar-refractivity contribution < 1.29 is 18.4 Å². The van der Waals surface area contributed by atoms with Gasteiger partial charge in [-0.15, -0.1) is 11.3 Å². The van der Waals surface area contributed by atoms with Gasteiger partial charge in [0.05, 0.1) is 32.7 Å². The molecular formula is C21H26FN2O2S+. The summed E-state index contributed by atoms with van der Waals surface area (Å²) in [6, 6.07) is 11.3. The van der Waals surface area contributed by atoms with Gasteiger partial charge in [0, 0.05) is 25.7 Å². The molecule has 2 bridgehead atoms. The second-order valence-electron chi connectivity index (χ2n) is 8.16. The maximum absolute atomic E-state index is 13.6. The third-order valence-corrected chi connectivity index (χ3v) is 7.17. The van der Waals surface area contributed by atoms with E-state index in [2.05, 4.69) is 14.1 Å². The summed E-state index contributed by atoms with van der Waals surface area (Å²) in [7, 11) is 4.59. The Balaban J connectivity index is 1.48. The van der Waals surface area contributed by atoms with Crippen molar-refractivity contribution in [2.75, 3.05) is 19.0 Å². The minimum Gasteiger partial charge on any atom is -0.445 e. The van der Waals surface area contributed by atoms with Crippen LogP contribution in [-0.2, 0) is 11.3 Å². The number of amides is 1. The maximum Gasteiger partial charge on any atom is 0.415 e. The largest absolute Gasteiger partial charge is 0.445 e. The van der Waals surface area contributed by atoms with E-state index in [1.807, 2.05) is 23.6 Å². The molecule has 0 N–H and O–H groups in total. The molecule has 2 aliphatic rings. The number of benzene rings is 1. The smallest absolute Gasteiger partial charge is 0.415 e. The Bertz CT molecular complexity index is 792. The SMILES string of the molecule is C[N+]1(C)[C@@H]2CC[C@H]1CC(OC(=O)N(Cc1cccc(F)c1)c1cccs1)C2. The molecule has 2 saturated heterocycles. The quantitative estimate of drug-likeness (QED) is 0.703. The van der Waals surface area contributed by atoms with Gasteiger partial charge in [-0.25, -0.2) is 9.18 Å². The summed E-state index contributed by atoms with van der Waals surface area (Å²) in [6.07, 6.45) is 3.91. The van der Waals surface area contributed by atoms with Gasteiger partial charge >= 0.3 is 6.09 Å². The number of rotatable bonds is 4. The summed E-state index contributed by atoms with van der Waals surface area (Å²) in [6.45, 7) is 0.304. The average molecular weight is 390 g/mol. The molecule has 2 aromatic rings. The Labute approximate surface area is 163 Å². The molecule has 3 heterocycles. The molecule has 4 nitrogen and oxygen atoms in total. The van der Waals surface area contributed by atoms with E-state index in [1.54, 1.807) is 11.0 Å². The highest BCUT2D eigenvalue weighted by Gasteiger charge is 2.50. The van der Waals surface area contributed by atoms with E-state index in [-0.39, 0.29) is 18.0 Å². The zero-order chi connectivity index (χ0) is 19.0. The van der Waals surface area contributed by atoms with Crippen LogP contribution in [0.3, 0.4) is 0 Å². The first-order chi connectivity index (χ1) is 12.9. The molecule has 3 atom stereocenters. The van der Waals surface area contributed by atoms with Gasteiger partial charge in [0.2, 0.25) is 0 Å². The second kappa shape index (κ2) is 7.24. The van der Waals surface area contributed by atoms with Gasteiger partial charge in [0.25, 0.3) is 0 Å². The first-order valence-electron chi connectivity index (χ1n) is 9.53. The fourth-order valence-corrected chi connectivity index (χ4v) is 5.33. The van der Waals surface area contributed by atoms with Crippen LogP contribution in [0.2, 0.25) is 0 Å². The number of piperidine rings is 1. The van der Waals surface area contributed by atoms with E-state index in [0.29, 0.717) is 18.6 Å². The molecule has 6 heteroatoms. The number of carbonyl (C=O) groups excluding carboxylic acids is 1. The molecule has 1 aromatic heterocycles. The summed E-state index contributed by atoms with van der Waals surface area (Å²) in [5.74, 6) is -0.296. The second-order valence-corrected chi connectivity index (χ2v) is 9.08. The highest BCUT2D eigenvalue weighted by Crippen LogP contribution is 2.40. The van der Waals surface area contributed by atoms with Crippen LogP contribution >= 0.6 is 11.3 Å². The number of hydrogen-bond acceptors (Lipinski definition) is 3. The molecule has 27 heavy (non-hydrogen) atoms. The number of fused-ring (bicyclic) bond motifs is 2. The Kier molecular flexibility index (Phi) is 4.95. The maximum atomic E-state index is 13.6. The van der Waals surface area contributed by atoms with Crippen molar-refractivity contribution in [1.82, 2.24) is 0 Å². The van der Waals surface area contributed by atoms with Crippen molar-refractivity contribution in [2.24, 2.45) is 0 Å². The summed E-state index contributed by atoms with van der Waals surface area (Å²) in [5, 5.41) is 2.75. The number of halogens is 1. The highest BCUT2D eigenvalue weighted by atomic mass is 32.1. The molecule has 2 fully saturated rings. The molecule has 1 amide bonds. The van der Waals surface area contributed by atoms with Crippen LogP contribution in [0.5, 0.6) is 0 Å². The van der Waals surface area contributed by atoms with Gasteiger partial charge < -0.3 is 9.22 Å². The molecule has 0 spiro atoms. The molecule has 0 aliphatic carbocycles. The predicted octanol–water partition coefficient (Wildman–Crippen LogP) is 4.80. The zero-order valence-electron chi connectivity index (χ0n) is 15.8. The van der Waals surface area contributed by atoms with E-state index in [4.69, 9.17) is 4.74 Å². The summed E-state index contributed by atoms with van der Waals surface area (Å²) in [5.41, 5.74) is 0.752. The van der Waals surface area contributed by atoms with Gasteiger partial charge in [0.15, 0.2) is 0 Å². The standard InChI is InChI=1S/C21H26FN2O2S/c1-24(2)17-8-9-18(24)13-19(12-17)26-21(25)23(20-7-4-10-27-20)14-15-5-3-6-16(22)11-15/h3-7,10-11,17-19H,8-9,12-14H2,1-2H3/q+1/t17-,18+,19?. The number of carbonyl (C=O) groups is 1. The summed E-state index contributed by atoms with van der Waals surface area (Å²) < 4.78 is 20.6. The van der Waals surface area contributed by atoms with Crippen LogP contribution in [0.15, 0.2) is 41.8 Å². The first kappa shape index (κ1) is 18.4. The number of thiophene rings is 1. The minimum absolute atomic E-state index is 0.0314.